The SMILES string of the molecule is CCCCC/C=C\C/C=C\CCCCCCCCCC(=O)OC(CCCCCC/C=C/C=C/CCCCC)CC(=O)NC(CO)C(O)CCCCCCCCCCCCCCCCCCC. The van der Waals surface area contributed by atoms with E-state index in [4.69, 9.17) is 4.74 Å². The van der Waals surface area contributed by atoms with E-state index in [0.717, 1.165) is 89.9 Å². The van der Waals surface area contributed by atoms with E-state index in [2.05, 4.69) is 74.7 Å². The van der Waals surface area contributed by atoms with E-state index in [1.54, 1.807) is 0 Å². The summed E-state index contributed by atoms with van der Waals surface area (Å²) < 4.78 is 5.95. The number of esters is 1. The number of aliphatic hydroxyl groups is 2. The Hall–Kier alpha value is -2.18. The second kappa shape index (κ2) is 53.8. The van der Waals surface area contributed by atoms with Crippen molar-refractivity contribution in [1.82, 2.24) is 5.32 Å². The summed E-state index contributed by atoms with van der Waals surface area (Å²) in [6.45, 7) is 6.45. The van der Waals surface area contributed by atoms with Crippen LogP contribution in [0.2, 0.25) is 0 Å². The highest BCUT2D eigenvalue weighted by Crippen LogP contribution is 2.18. The smallest absolute Gasteiger partial charge is 0.306 e. The second-order valence-electron chi connectivity index (χ2n) is 19.7. The molecule has 0 aliphatic heterocycles. The lowest BCUT2D eigenvalue weighted by Gasteiger charge is -2.24. The molecule has 6 heteroatoms. The van der Waals surface area contributed by atoms with Crippen molar-refractivity contribution in [2.24, 2.45) is 0 Å². The Kier molecular flexibility index (Phi) is 52.0. The maximum Gasteiger partial charge on any atom is 0.306 e. The summed E-state index contributed by atoms with van der Waals surface area (Å²) in [6, 6.07) is -0.710. The Labute approximate surface area is 410 Å². The number of carbonyl (C=O) groups is 2. The van der Waals surface area contributed by atoms with Gasteiger partial charge in [0.1, 0.15) is 6.10 Å². The zero-order valence-corrected chi connectivity index (χ0v) is 44.1. The lowest BCUT2D eigenvalue weighted by atomic mass is 10.0. The minimum atomic E-state index is -0.795. The topological polar surface area (TPSA) is 95.9 Å². The first-order chi connectivity index (χ1) is 32.5. The molecule has 386 valence electrons. The summed E-state index contributed by atoms with van der Waals surface area (Å²) in [5, 5.41) is 23.9. The van der Waals surface area contributed by atoms with Gasteiger partial charge in [-0.1, -0.05) is 249 Å². The fourth-order valence-electron chi connectivity index (χ4n) is 8.75. The standard InChI is InChI=1S/C60H111NO5/c1-4-7-10-13-16-19-22-25-27-29-31-34-37-40-43-46-49-52-58(63)57(55-62)61-59(64)54-56(51-48-45-42-39-36-33-24-21-18-15-12-9-6-3)66-60(65)53-50-47-44-41-38-35-32-30-28-26-23-20-17-14-11-8-5-2/h17-18,20-21,24,26,28,33,56-58,62-63H,4-16,19,22-23,25,27,29-32,34-55H2,1-3H3,(H,61,64)/b20-17-,21-18+,28-26-,33-24+. The molecule has 0 aromatic carbocycles. The normalized spacial score (nSPS) is 13.5. The van der Waals surface area contributed by atoms with Crippen molar-refractivity contribution in [1.29, 1.82) is 0 Å². The zero-order chi connectivity index (χ0) is 48.1. The molecular weight excluding hydrogens is 815 g/mol. The van der Waals surface area contributed by atoms with Crippen LogP contribution >= 0.6 is 0 Å². The van der Waals surface area contributed by atoms with Gasteiger partial charge < -0.3 is 20.3 Å². The lowest BCUT2D eigenvalue weighted by molar-refractivity contribution is -0.151. The highest BCUT2D eigenvalue weighted by molar-refractivity contribution is 5.77. The Morgan fingerprint density at radius 2 is 0.818 bits per heavy atom. The number of nitrogens with one attached hydrogen (secondary N) is 1. The molecule has 3 unspecified atom stereocenters. The van der Waals surface area contributed by atoms with Crippen molar-refractivity contribution in [2.75, 3.05) is 6.61 Å². The minimum absolute atomic E-state index is 0.0619. The van der Waals surface area contributed by atoms with Gasteiger partial charge in [-0.05, 0) is 83.5 Å². The van der Waals surface area contributed by atoms with Gasteiger partial charge in [0, 0.05) is 6.42 Å². The van der Waals surface area contributed by atoms with Gasteiger partial charge >= 0.3 is 5.97 Å². The number of ether oxygens (including phenoxy) is 1. The minimum Gasteiger partial charge on any atom is -0.462 e. The van der Waals surface area contributed by atoms with Crippen molar-refractivity contribution >= 4 is 11.9 Å². The van der Waals surface area contributed by atoms with E-state index in [9.17, 15) is 19.8 Å². The first-order valence-corrected chi connectivity index (χ1v) is 28.9. The van der Waals surface area contributed by atoms with Gasteiger partial charge in [-0.2, -0.15) is 0 Å². The molecule has 0 radical (unpaired) electrons. The average Bonchev–Trinajstić information content (AvgIpc) is 3.31. The molecule has 0 aliphatic carbocycles. The number of allylic oxidation sites excluding steroid dienone is 8. The van der Waals surface area contributed by atoms with Crippen LogP contribution < -0.4 is 5.32 Å². The van der Waals surface area contributed by atoms with Gasteiger partial charge in [-0.25, -0.2) is 0 Å². The van der Waals surface area contributed by atoms with Crippen molar-refractivity contribution in [3.05, 3.63) is 48.6 Å². The van der Waals surface area contributed by atoms with Gasteiger partial charge in [0.05, 0.1) is 25.2 Å². The van der Waals surface area contributed by atoms with Gasteiger partial charge in [0.15, 0.2) is 0 Å². The number of carbonyl (C=O) groups excluding carboxylic acids is 2. The average molecular weight is 927 g/mol. The van der Waals surface area contributed by atoms with Gasteiger partial charge in [-0.3, -0.25) is 9.59 Å². The Morgan fingerprint density at radius 3 is 1.27 bits per heavy atom. The molecule has 0 saturated heterocycles. The van der Waals surface area contributed by atoms with E-state index in [0.29, 0.717) is 19.3 Å². The molecule has 0 aromatic rings. The van der Waals surface area contributed by atoms with Crippen molar-refractivity contribution in [3.8, 4) is 0 Å². The molecule has 0 fully saturated rings. The third-order valence-corrected chi connectivity index (χ3v) is 13.2. The largest absolute Gasteiger partial charge is 0.462 e. The predicted molar refractivity (Wildman–Crippen MR) is 287 cm³/mol. The summed E-state index contributed by atoms with van der Waals surface area (Å²) in [5.74, 6) is -0.493. The van der Waals surface area contributed by atoms with E-state index in [1.807, 2.05) is 0 Å². The molecule has 0 aromatic heterocycles. The highest BCUT2D eigenvalue weighted by Gasteiger charge is 2.24. The van der Waals surface area contributed by atoms with E-state index in [1.165, 1.54) is 161 Å². The van der Waals surface area contributed by atoms with Crippen molar-refractivity contribution < 1.29 is 24.5 Å². The summed E-state index contributed by atoms with van der Waals surface area (Å²) >= 11 is 0. The highest BCUT2D eigenvalue weighted by atomic mass is 16.5. The summed E-state index contributed by atoms with van der Waals surface area (Å²) in [7, 11) is 0. The Bertz CT molecular complexity index is 1130. The van der Waals surface area contributed by atoms with Crippen molar-refractivity contribution in [2.45, 2.75) is 315 Å². The number of hydrogen-bond acceptors (Lipinski definition) is 5. The summed E-state index contributed by atoms with van der Waals surface area (Å²) in [5.41, 5.74) is 0. The van der Waals surface area contributed by atoms with Gasteiger partial charge in [0.25, 0.3) is 0 Å². The molecule has 0 aliphatic rings. The molecule has 0 bridgehead atoms. The van der Waals surface area contributed by atoms with Crippen LogP contribution in [0.3, 0.4) is 0 Å². The number of hydrogen-bond donors (Lipinski definition) is 3. The third-order valence-electron chi connectivity index (χ3n) is 13.2. The van der Waals surface area contributed by atoms with Crippen molar-refractivity contribution in [3.63, 3.8) is 0 Å². The van der Waals surface area contributed by atoms with Crippen LogP contribution in [-0.4, -0.2) is 46.9 Å². The summed E-state index contributed by atoms with van der Waals surface area (Å²) in [4.78, 5) is 26.3. The third kappa shape index (κ3) is 48.3. The van der Waals surface area contributed by atoms with E-state index >= 15 is 0 Å². The van der Waals surface area contributed by atoms with E-state index < -0.39 is 18.2 Å². The first kappa shape index (κ1) is 63.8. The number of rotatable bonds is 52. The monoisotopic (exact) mass is 926 g/mol. The molecule has 0 rings (SSSR count). The molecular formula is C60H111NO5. The molecule has 6 nitrogen and oxygen atoms in total. The quantitative estimate of drug-likeness (QED) is 0.0244. The van der Waals surface area contributed by atoms with E-state index in [-0.39, 0.29) is 24.9 Å². The van der Waals surface area contributed by atoms with Crippen LogP contribution in [0.5, 0.6) is 0 Å². The van der Waals surface area contributed by atoms with Crippen LogP contribution in [0, 0.1) is 0 Å². The van der Waals surface area contributed by atoms with Crippen LogP contribution in [0.1, 0.15) is 297 Å². The van der Waals surface area contributed by atoms with Crippen LogP contribution in [0.15, 0.2) is 48.6 Å². The molecule has 0 heterocycles. The molecule has 0 saturated carbocycles. The number of amides is 1. The fourth-order valence-corrected chi connectivity index (χ4v) is 8.75. The summed E-state index contributed by atoms with van der Waals surface area (Å²) in [6.07, 6.45) is 66.0. The molecule has 0 spiro atoms. The van der Waals surface area contributed by atoms with Gasteiger partial charge in [-0.15, -0.1) is 0 Å². The predicted octanol–water partition coefficient (Wildman–Crippen LogP) is 17.8. The van der Waals surface area contributed by atoms with Crippen LogP contribution in [0.4, 0.5) is 0 Å². The number of unbranched alkanes of at least 4 members (excludes halogenated alkanes) is 33. The zero-order valence-electron chi connectivity index (χ0n) is 44.1. The van der Waals surface area contributed by atoms with Gasteiger partial charge in [0.2, 0.25) is 5.91 Å². The van der Waals surface area contributed by atoms with Crippen LogP contribution in [-0.2, 0) is 14.3 Å². The fraction of sp³-hybridized carbons (Fsp3) is 0.833. The lowest BCUT2D eigenvalue weighted by Crippen LogP contribution is -2.46. The Balaban J connectivity index is 4.53. The maximum atomic E-state index is 13.3. The second-order valence-corrected chi connectivity index (χ2v) is 19.7. The molecule has 3 atom stereocenters. The Morgan fingerprint density at radius 1 is 0.455 bits per heavy atom. The molecule has 3 N–H and O–H groups in total. The van der Waals surface area contributed by atoms with Crippen LogP contribution in [0.25, 0.3) is 0 Å². The maximum absolute atomic E-state index is 13.3. The molecule has 1 amide bonds. The first-order valence-electron chi connectivity index (χ1n) is 28.9. The number of aliphatic hydroxyl groups excluding tert-OH is 2. The molecule has 66 heavy (non-hydrogen) atoms.